The Morgan fingerprint density at radius 3 is 2.52 bits per heavy atom. The lowest BCUT2D eigenvalue weighted by molar-refractivity contribution is 0.270. The predicted molar refractivity (Wildman–Crippen MR) is 101 cm³/mol. The summed E-state index contributed by atoms with van der Waals surface area (Å²) in [5.74, 6) is 1.54. The maximum absolute atomic E-state index is 6.33. The Hall–Kier alpha value is -1.89. The monoisotopic (exact) mass is 376 g/mol. The van der Waals surface area contributed by atoms with E-state index in [2.05, 4.69) is 26.9 Å². The summed E-state index contributed by atoms with van der Waals surface area (Å²) in [4.78, 5) is 4.73. The molecule has 4 rings (SSSR count). The van der Waals surface area contributed by atoms with E-state index in [0.29, 0.717) is 21.5 Å². The van der Waals surface area contributed by atoms with Gasteiger partial charge in [0.15, 0.2) is 11.5 Å². The summed E-state index contributed by atoms with van der Waals surface area (Å²) in [6.07, 6.45) is 0. The smallest absolute Gasteiger partial charge is 0.186 e. The zero-order valence-electron chi connectivity index (χ0n) is 13.9. The number of hydrogen-bond donors (Lipinski definition) is 0. The Kier molecular flexibility index (Phi) is 4.50. The third-order valence-corrected chi connectivity index (χ3v) is 5.11. The van der Waals surface area contributed by atoms with Crippen LogP contribution in [0.25, 0.3) is 17.0 Å². The summed E-state index contributed by atoms with van der Waals surface area (Å²) in [6.45, 7) is 7.31. The number of anilines is 1. The van der Waals surface area contributed by atoms with E-state index in [4.69, 9.17) is 28.3 Å². The van der Waals surface area contributed by atoms with Gasteiger partial charge in [-0.15, -0.1) is 15.3 Å². The van der Waals surface area contributed by atoms with Gasteiger partial charge in [0.1, 0.15) is 5.82 Å². The second-order valence-electron chi connectivity index (χ2n) is 6.03. The fraction of sp³-hybridized carbons (Fsp3) is 0.353. The van der Waals surface area contributed by atoms with E-state index >= 15 is 0 Å². The van der Waals surface area contributed by atoms with E-state index in [1.807, 2.05) is 18.2 Å². The number of halogens is 2. The molecule has 1 fully saturated rings. The Labute approximate surface area is 156 Å². The average Bonchev–Trinajstić information content (AvgIpc) is 3.05. The van der Waals surface area contributed by atoms with Crippen LogP contribution in [0.1, 0.15) is 6.92 Å². The molecule has 25 heavy (non-hydrogen) atoms. The Morgan fingerprint density at radius 1 is 1.00 bits per heavy atom. The van der Waals surface area contributed by atoms with Gasteiger partial charge in [0.2, 0.25) is 0 Å². The van der Waals surface area contributed by atoms with E-state index in [-0.39, 0.29) is 0 Å². The Bertz CT molecular complexity index is 901. The number of nitrogens with zero attached hydrogens (tertiary/aromatic N) is 6. The van der Waals surface area contributed by atoms with Gasteiger partial charge in [-0.1, -0.05) is 30.1 Å². The third kappa shape index (κ3) is 3.17. The van der Waals surface area contributed by atoms with Gasteiger partial charge in [-0.05, 0) is 36.9 Å². The third-order valence-electron chi connectivity index (χ3n) is 4.56. The Balaban J connectivity index is 1.71. The molecule has 0 saturated carbocycles. The lowest BCUT2D eigenvalue weighted by atomic mass is 10.2. The molecule has 1 aromatic carbocycles. The van der Waals surface area contributed by atoms with Gasteiger partial charge >= 0.3 is 0 Å². The van der Waals surface area contributed by atoms with Gasteiger partial charge < -0.3 is 9.80 Å². The topological polar surface area (TPSA) is 49.6 Å². The largest absolute Gasteiger partial charge is 0.353 e. The van der Waals surface area contributed by atoms with Crippen LogP contribution >= 0.6 is 23.2 Å². The van der Waals surface area contributed by atoms with Crippen LogP contribution in [0.3, 0.4) is 0 Å². The van der Waals surface area contributed by atoms with Crippen LogP contribution in [-0.2, 0) is 0 Å². The molecule has 3 heterocycles. The van der Waals surface area contributed by atoms with E-state index in [1.54, 1.807) is 16.6 Å². The van der Waals surface area contributed by atoms with Crippen molar-refractivity contribution >= 4 is 34.7 Å². The number of benzene rings is 1. The zero-order chi connectivity index (χ0) is 17.4. The van der Waals surface area contributed by atoms with Crippen molar-refractivity contribution in [1.82, 2.24) is 24.7 Å². The maximum atomic E-state index is 6.33. The van der Waals surface area contributed by atoms with Crippen LogP contribution in [0.5, 0.6) is 0 Å². The molecular formula is C17H18Cl2N6. The van der Waals surface area contributed by atoms with Crippen molar-refractivity contribution in [1.29, 1.82) is 0 Å². The summed E-state index contributed by atoms with van der Waals surface area (Å²) in [7, 11) is 0. The highest BCUT2D eigenvalue weighted by molar-refractivity contribution is 6.36. The summed E-state index contributed by atoms with van der Waals surface area (Å²) < 4.78 is 1.75. The molecule has 3 aromatic rings. The minimum atomic E-state index is 0.533. The molecular weight excluding hydrogens is 359 g/mol. The number of piperazine rings is 1. The van der Waals surface area contributed by atoms with Gasteiger partial charge in [-0.3, -0.25) is 0 Å². The molecule has 8 heteroatoms. The van der Waals surface area contributed by atoms with Gasteiger partial charge in [0.05, 0.1) is 5.02 Å². The van der Waals surface area contributed by atoms with E-state index in [9.17, 15) is 0 Å². The van der Waals surface area contributed by atoms with E-state index in [1.165, 1.54) is 0 Å². The number of fused-ring (bicyclic) bond motifs is 1. The van der Waals surface area contributed by atoms with E-state index < -0.39 is 0 Å². The number of aromatic nitrogens is 4. The molecule has 1 aliphatic heterocycles. The molecule has 0 N–H and O–H groups in total. The zero-order valence-corrected chi connectivity index (χ0v) is 15.4. The van der Waals surface area contributed by atoms with Crippen molar-refractivity contribution in [2.24, 2.45) is 0 Å². The standard InChI is InChI=1S/C17H18Cl2N6/c1-2-23-7-9-24(10-8-23)16-6-5-15-20-21-17(25(15)22-16)13-4-3-12(18)11-14(13)19/h3-6,11H,2,7-10H2,1H3. The molecule has 0 aliphatic carbocycles. The normalized spacial score (nSPS) is 15.9. The van der Waals surface area contributed by atoms with Crippen molar-refractivity contribution in [3.63, 3.8) is 0 Å². The predicted octanol–water partition coefficient (Wildman–Crippen LogP) is 3.24. The molecule has 0 spiro atoms. The highest BCUT2D eigenvalue weighted by Gasteiger charge is 2.19. The molecule has 0 atom stereocenters. The summed E-state index contributed by atoms with van der Waals surface area (Å²) in [5.41, 5.74) is 1.45. The molecule has 1 saturated heterocycles. The van der Waals surface area contributed by atoms with Crippen molar-refractivity contribution in [3.8, 4) is 11.4 Å². The molecule has 0 amide bonds. The fourth-order valence-corrected chi connectivity index (χ4v) is 3.57. The molecule has 1 aliphatic rings. The molecule has 0 radical (unpaired) electrons. The summed E-state index contributed by atoms with van der Waals surface area (Å²) in [5, 5.41) is 14.3. The highest BCUT2D eigenvalue weighted by atomic mass is 35.5. The first-order valence-electron chi connectivity index (χ1n) is 8.31. The molecule has 0 unspecified atom stereocenters. The van der Waals surface area contributed by atoms with Crippen LogP contribution in [0.2, 0.25) is 10.0 Å². The minimum absolute atomic E-state index is 0.533. The van der Waals surface area contributed by atoms with Gasteiger partial charge in [-0.25, -0.2) is 0 Å². The first-order chi connectivity index (χ1) is 12.2. The van der Waals surface area contributed by atoms with Gasteiger partial charge in [0.25, 0.3) is 0 Å². The van der Waals surface area contributed by atoms with Crippen molar-refractivity contribution in [3.05, 3.63) is 40.4 Å². The van der Waals surface area contributed by atoms with Crippen molar-refractivity contribution in [2.45, 2.75) is 6.92 Å². The van der Waals surface area contributed by atoms with E-state index in [0.717, 1.165) is 44.1 Å². The molecule has 6 nitrogen and oxygen atoms in total. The van der Waals surface area contributed by atoms with Gasteiger partial charge in [0, 0.05) is 36.8 Å². The van der Waals surface area contributed by atoms with Crippen LogP contribution in [0.15, 0.2) is 30.3 Å². The summed E-state index contributed by atoms with van der Waals surface area (Å²) >= 11 is 12.3. The number of rotatable bonds is 3. The van der Waals surface area contributed by atoms with Crippen LogP contribution in [0, 0.1) is 0 Å². The lowest BCUT2D eigenvalue weighted by Crippen LogP contribution is -2.46. The van der Waals surface area contributed by atoms with Crippen molar-refractivity contribution < 1.29 is 0 Å². The average molecular weight is 377 g/mol. The van der Waals surface area contributed by atoms with Crippen LogP contribution in [0.4, 0.5) is 5.82 Å². The molecule has 0 bridgehead atoms. The summed E-state index contributed by atoms with van der Waals surface area (Å²) in [6, 6.07) is 9.27. The second-order valence-corrected chi connectivity index (χ2v) is 6.87. The van der Waals surface area contributed by atoms with Crippen LogP contribution in [-0.4, -0.2) is 57.4 Å². The SMILES string of the molecule is CCN1CCN(c2ccc3nnc(-c4ccc(Cl)cc4Cl)n3n2)CC1. The van der Waals surface area contributed by atoms with Crippen molar-refractivity contribution in [2.75, 3.05) is 37.6 Å². The maximum Gasteiger partial charge on any atom is 0.186 e. The first-order valence-corrected chi connectivity index (χ1v) is 9.06. The number of hydrogen-bond acceptors (Lipinski definition) is 5. The Morgan fingerprint density at radius 2 is 1.80 bits per heavy atom. The fourth-order valence-electron chi connectivity index (χ4n) is 3.08. The second kappa shape index (κ2) is 6.78. The molecule has 2 aromatic heterocycles. The quantitative estimate of drug-likeness (QED) is 0.702. The highest BCUT2D eigenvalue weighted by Crippen LogP contribution is 2.29. The minimum Gasteiger partial charge on any atom is -0.353 e. The van der Waals surface area contributed by atoms with Crippen LogP contribution < -0.4 is 4.90 Å². The lowest BCUT2D eigenvalue weighted by Gasteiger charge is -2.34. The number of likely N-dealkylation sites (N-methyl/N-ethyl adjacent to an activating group) is 1. The van der Waals surface area contributed by atoms with Gasteiger partial charge in [-0.2, -0.15) is 4.52 Å². The molecule has 130 valence electrons. The first kappa shape index (κ1) is 16.6.